The zero-order valence-electron chi connectivity index (χ0n) is 21.9. The van der Waals surface area contributed by atoms with Gasteiger partial charge in [-0.25, -0.2) is 9.97 Å². The Morgan fingerprint density at radius 1 is 0.947 bits per heavy atom. The number of nitrogens with zero attached hydrogens (tertiary/aromatic N) is 5. The number of rotatable bonds is 6. The number of fused-ring (bicyclic) bond motifs is 1. The number of imidazole rings is 1. The zero-order chi connectivity index (χ0) is 27.3. The first-order chi connectivity index (χ1) is 18.2. The van der Waals surface area contributed by atoms with Crippen molar-refractivity contribution < 1.29 is 14.3 Å². The van der Waals surface area contributed by atoms with Gasteiger partial charge in [0.05, 0.1) is 25.5 Å². The van der Waals surface area contributed by atoms with Crippen molar-refractivity contribution in [1.82, 2.24) is 19.5 Å². The molecule has 0 bridgehead atoms. The predicted octanol–water partition coefficient (Wildman–Crippen LogP) is 6.61. The molecule has 0 N–H and O–H groups in total. The number of methoxy groups -OCH3 is 2. The molecule has 1 atom stereocenters. The topological polar surface area (TPSA) is 82.4 Å². The summed E-state index contributed by atoms with van der Waals surface area (Å²) < 4.78 is 12.8. The summed E-state index contributed by atoms with van der Waals surface area (Å²) in [5.41, 5.74) is 5.21. The van der Waals surface area contributed by atoms with Gasteiger partial charge in [0.1, 0.15) is 11.9 Å². The number of carbonyl (C=O) groups is 1. The van der Waals surface area contributed by atoms with Crippen molar-refractivity contribution in [2.24, 2.45) is 0 Å². The highest BCUT2D eigenvalue weighted by atomic mass is 35.5. The molecule has 0 saturated carbocycles. The highest BCUT2D eigenvalue weighted by molar-refractivity contribution is 6.31. The molecule has 2 aromatic carbocycles. The average molecular weight is 552 g/mol. The molecule has 0 spiro atoms. The highest BCUT2D eigenvalue weighted by Crippen LogP contribution is 2.47. The maximum Gasteiger partial charge on any atom is 0.319 e. The van der Waals surface area contributed by atoms with Crippen LogP contribution in [0.4, 0.5) is 5.69 Å². The Morgan fingerprint density at radius 2 is 1.66 bits per heavy atom. The van der Waals surface area contributed by atoms with Crippen LogP contribution in [0.15, 0.2) is 42.6 Å². The van der Waals surface area contributed by atoms with Gasteiger partial charge >= 0.3 is 6.01 Å². The third kappa shape index (κ3) is 4.18. The lowest BCUT2D eigenvalue weighted by Gasteiger charge is -2.30. The SMILES string of the molecule is COc1ncc(-c2nc3c(n2C(C)C)[C@@H](c2ccc(Cl)cc2C)N(c2cc(Cl)ccc2C)C3=O)c(OC)n1. The van der Waals surface area contributed by atoms with Crippen LogP contribution in [0, 0.1) is 13.8 Å². The maximum atomic E-state index is 14.2. The lowest BCUT2D eigenvalue weighted by atomic mass is 9.97. The molecule has 0 radical (unpaired) electrons. The third-order valence-electron chi connectivity index (χ3n) is 6.71. The number of hydrogen-bond acceptors (Lipinski definition) is 6. The first-order valence-electron chi connectivity index (χ1n) is 12.1. The Morgan fingerprint density at radius 3 is 2.32 bits per heavy atom. The number of carbonyl (C=O) groups excluding carboxylic acids is 1. The normalized spacial score (nSPS) is 14.8. The second-order valence-corrected chi connectivity index (χ2v) is 10.3. The van der Waals surface area contributed by atoms with Gasteiger partial charge in [-0.05, 0) is 68.7 Å². The summed E-state index contributed by atoms with van der Waals surface area (Å²) in [7, 11) is 3.01. The smallest absolute Gasteiger partial charge is 0.319 e. The van der Waals surface area contributed by atoms with Crippen molar-refractivity contribution in [3.05, 3.63) is 80.7 Å². The van der Waals surface area contributed by atoms with Crippen LogP contribution >= 0.6 is 23.2 Å². The molecule has 1 aliphatic rings. The van der Waals surface area contributed by atoms with Gasteiger partial charge in [0.2, 0.25) is 5.88 Å². The van der Waals surface area contributed by atoms with Crippen molar-refractivity contribution in [1.29, 1.82) is 0 Å². The van der Waals surface area contributed by atoms with Crippen LogP contribution in [0.1, 0.15) is 58.8 Å². The molecule has 196 valence electrons. The Bertz CT molecular complexity index is 1570. The molecule has 1 aliphatic heterocycles. The van der Waals surface area contributed by atoms with Crippen molar-refractivity contribution in [3.8, 4) is 23.3 Å². The van der Waals surface area contributed by atoms with E-state index in [2.05, 4.69) is 14.5 Å². The zero-order valence-corrected chi connectivity index (χ0v) is 23.4. The van der Waals surface area contributed by atoms with E-state index in [0.717, 1.165) is 28.1 Å². The molecule has 4 aromatic rings. The minimum atomic E-state index is -0.472. The van der Waals surface area contributed by atoms with Crippen molar-refractivity contribution in [2.75, 3.05) is 19.1 Å². The first-order valence-corrected chi connectivity index (χ1v) is 12.8. The number of halogens is 2. The van der Waals surface area contributed by atoms with Gasteiger partial charge in [-0.2, -0.15) is 4.98 Å². The van der Waals surface area contributed by atoms with Gasteiger partial charge < -0.3 is 14.0 Å². The minimum Gasteiger partial charge on any atom is -0.480 e. The Kier molecular flexibility index (Phi) is 6.79. The predicted molar refractivity (Wildman–Crippen MR) is 148 cm³/mol. The number of aromatic nitrogens is 4. The summed E-state index contributed by atoms with van der Waals surface area (Å²) in [6, 6.07) is 10.9. The minimum absolute atomic E-state index is 0.0589. The van der Waals surface area contributed by atoms with E-state index in [1.165, 1.54) is 14.2 Å². The molecule has 2 aromatic heterocycles. The van der Waals surface area contributed by atoms with Crippen LogP contribution in [0.25, 0.3) is 11.4 Å². The van der Waals surface area contributed by atoms with E-state index in [-0.39, 0.29) is 18.0 Å². The van der Waals surface area contributed by atoms with Crippen molar-refractivity contribution in [3.63, 3.8) is 0 Å². The summed E-state index contributed by atoms with van der Waals surface area (Å²) >= 11 is 12.7. The summed E-state index contributed by atoms with van der Waals surface area (Å²) in [6.45, 7) is 8.05. The van der Waals surface area contributed by atoms with Crippen molar-refractivity contribution in [2.45, 2.75) is 39.8 Å². The fourth-order valence-corrected chi connectivity index (χ4v) is 5.40. The van der Waals surface area contributed by atoms with E-state index in [9.17, 15) is 4.79 Å². The van der Waals surface area contributed by atoms with Crippen LogP contribution < -0.4 is 14.4 Å². The molecule has 38 heavy (non-hydrogen) atoms. The van der Waals surface area contributed by atoms with Gasteiger partial charge in [0.25, 0.3) is 5.91 Å². The number of aryl methyl sites for hydroxylation is 2. The lowest BCUT2D eigenvalue weighted by Crippen LogP contribution is -2.31. The van der Waals surface area contributed by atoms with E-state index in [4.69, 9.17) is 37.7 Å². The Balaban J connectivity index is 1.81. The number of benzene rings is 2. The van der Waals surface area contributed by atoms with E-state index in [1.54, 1.807) is 11.1 Å². The molecule has 10 heteroatoms. The average Bonchev–Trinajstić information content (AvgIpc) is 3.40. The van der Waals surface area contributed by atoms with Crippen molar-refractivity contribution >= 4 is 34.8 Å². The molecular weight excluding hydrogens is 525 g/mol. The van der Waals surface area contributed by atoms with Gasteiger partial charge in [-0.3, -0.25) is 9.69 Å². The van der Waals surface area contributed by atoms with Gasteiger partial charge in [0, 0.05) is 28.0 Å². The standard InChI is InChI=1S/C28H27Cl2N5O3/c1-14(2)34-24-22(32-25(34)20-13-31-28(38-6)33-26(20)37-5)27(36)35(21-12-18(30)8-7-15(21)3)23(24)19-10-9-17(29)11-16(19)4/h7-14,23H,1-6H3/t23-/m1/s1. The molecule has 0 aliphatic carbocycles. The summed E-state index contributed by atoms with van der Waals surface area (Å²) in [6.07, 6.45) is 1.60. The third-order valence-corrected chi connectivity index (χ3v) is 7.18. The summed E-state index contributed by atoms with van der Waals surface area (Å²) in [5, 5.41) is 1.17. The van der Waals surface area contributed by atoms with Gasteiger partial charge in [-0.1, -0.05) is 35.3 Å². The Hall–Kier alpha value is -3.62. The highest BCUT2D eigenvalue weighted by Gasteiger charge is 2.46. The van der Waals surface area contributed by atoms with E-state index >= 15 is 0 Å². The second kappa shape index (κ2) is 9.93. The first kappa shape index (κ1) is 26.0. The molecule has 3 heterocycles. The second-order valence-electron chi connectivity index (χ2n) is 9.42. The fourth-order valence-electron chi connectivity index (χ4n) is 5.01. The Labute approximate surface area is 231 Å². The van der Waals surface area contributed by atoms with Gasteiger partial charge in [0.15, 0.2) is 5.69 Å². The maximum absolute atomic E-state index is 14.2. The van der Waals surface area contributed by atoms with E-state index < -0.39 is 6.04 Å². The van der Waals surface area contributed by atoms with Gasteiger partial charge in [-0.15, -0.1) is 0 Å². The molecule has 0 saturated heterocycles. The van der Waals surface area contributed by atoms with Crippen LogP contribution in [0.5, 0.6) is 11.9 Å². The van der Waals surface area contributed by atoms with Crippen LogP contribution in [-0.4, -0.2) is 39.6 Å². The summed E-state index contributed by atoms with van der Waals surface area (Å²) in [4.78, 5) is 29.5. The fraction of sp³-hybridized carbons (Fsp3) is 0.286. The summed E-state index contributed by atoms with van der Waals surface area (Å²) in [5.74, 6) is 0.618. The molecule has 0 fully saturated rings. The quantitative estimate of drug-likeness (QED) is 0.268. The van der Waals surface area contributed by atoms with Crippen LogP contribution in [0.3, 0.4) is 0 Å². The number of anilines is 1. The van der Waals surface area contributed by atoms with Crippen LogP contribution in [0.2, 0.25) is 10.0 Å². The molecular formula is C28H27Cl2N5O3. The van der Waals surface area contributed by atoms with E-state index in [1.807, 2.05) is 64.1 Å². The molecule has 5 rings (SSSR count). The number of amides is 1. The molecule has 1 amide bonds. The lowest BCUT2D eigenvalue weighted by molar-refractivity contribution is 0.0989. The van der Waals surface area contributed by atoms with E-state index in [0.29, 0.717) is 33.0 Å². The number of hydrogen-bond donors (Lipinski definition) is 0. The van der Waals surface area contributed by atoms with Crippen LogP contribution in [-0.2, 0) is 0 Å². The largest absolute Gasteiger partial charge is 0.480 e. The molecule has 8 nitrogen and oxygen atoms in total. The monoisotopic (exact) mass is 551 g/mol. The number of ether oxygens (including phenoxy) is 2. The molecule has 0 unspecified atom stereocenters.